The van der Waals surface area contributed by atoms with E-state index in [2.05, 4.69) is 5.32 Å². The number of nitro groups is 1. The number of halogens is 1. The highest BCUT2D eigenvalue weighted by atomic mass is 35.5. The third-order valence-corrected chi connectivity index (χ3v) is 2.91. The van der Waals surface area contributed by atoms with Crippen LogP contribution in [0.4, 0.5) is 5.69 Å². The summed E-state index contributed by atoms with van der Waals surface area (Å²) in [4.78, 5) is 33.0. The number of nitrogens with one attached hydrogen (secondary N) is 1. The molecule has 20 heavy (non-hydrogen) atoms. The highest BCUT2D eigenvalue weighted by Crippen LogP contribution is 2.23. The number of nitro benzene ring substituents is 1. The van der Waals surface area contributed by atoms with Crippen LogP contribution < -0.4 is 5.32 Å². The van der Waals surface area contributed by atoms with Gasteiger partial charge in [0.05, 0.1) is 10.3 Å². The standard InChI is InChI=1S/C12H13ClN2O5/c1-12(2,11(17)18)6-14-10(16)8-4-3-7(13)5-9(8)15(19)20/h3-5H,6H2,1-2H3,(H,14,16)(H,17,18). The number of carboxylic acid groups (broad SMARTS) is 1. The number of amides is 1. The molecule has 0 aliphatic heterocycles. The number of carboxylic acids is 1. The predicted octanol–water partition coefficient (Wildman–Crippen LogP) is 2.09. The minimum Gasteiger partial charge on any atom is -0.481 e. The molecule has 0 saturated heterocycles. The minimum absolute atomic E-state index is 0.138. The van der Waals surface area contributed by atoms with Gasteiger partial charge in [0.2, 0.25) is 0 Å². The second-order valence-electron chi connectivity index (χ2n) is 4.79. The lowest BCUT2D eigenvalue weighted by molar-refractivity contribution is -0.385. The minimum atomic E-state index is -1.17. The van der Waals surface area contributed by atoms with E-state index in [-0.39, 0.29) is 17.1 Å². The molecule has 1 aromatic carbocycles. The zero-order chi connectivity index (χ0) is 15.5. The quantitative estimate of drug-likeness (QED) is 0.639. The summed E-state index contributed by atoms with van der Waals surface area (Å²) in [6.07, 6.45) is 0. The van der Waals surface area contributed by atoms with Crippen LogP contribution in [0.3, 0.4) is 0 Å². The van der Waals surface area contributed by atoms with E-state index < -0.39 is 27.9 Å². The highest BCUT2D eigenvalue weighted by molar-refractivity contribution is 6.31. The molecule has 2 N–H and O–H groups in total. The predicted molar refractivity (Wildman–Crippen MR) is 71.9 cm³/mol. The summed E-state index contributed by atoms with van der Waals surface area (Å²) < 4.78 is 0. The monoisotopic (exact) mass is 300 g/mol. The third kappa shape index (κ3) is 3.67. The van der Waals surface area contributed by atoms with Gasteiger partial charge in [-0.25, -0.2) is 0 Å². The van der Waals surface area contributed by atoms with Crippen molar-refractivity contribution < 1.29 is 19.6 Å². The van der Waals surface area contributed by atoms with Gasteiger partial charge in [-0.2, -0.15) is 0 Å². The van der Waals surface area contributed by atoms with Crippen LogP contribution in [0.25, 0.3) is 0 Å². The Morgan fingerprint density at radius 2 is 2.05 bits per heavy atom. The van der Waals surface area contributed by atoms with Crippen LogP contribution in [0.2, 0.25) is 5.02 Å². The molecule has 0 spiro atoms. The largest absolute Gasteiger partial charge is 0.481 e. The molecule has 108 valence electrons. The van der Waals surface area contributed by atoms with Crippen LogP contribution in [0.1, 0.15) is 24.2 Å². The van der Waals surface area contributed by atoms with Gasteiger partial charge in [-0.15, -0.1) is 0 Å². The number of rotatable bonds is 5. The molecule has 0 heterocycles. The molecule has 0 bridgehead atoms. The van der Waals surface area contributed by atoms with Gasteiger partial charge in [0, 0.05) is 17.6 Å². The Morgan fingerprint density at radius 1 is 1.45 bits per heavy atom. The van der Waals surface area contributed by atoms with Crippen LogP contribution >= 0.6 is 11.6 Å². The van der Waals surface area contributed by atoms with Gasteiger partial charge < -0.3 is 10.4 Å². The molecule has 7 nitrogen and oxygen atoms in total. The lowest BCUT2D eigenvalue weighted by Gasteiger charge is -2.19. The zero-order valence-corrected chi connectivity index (χ0v) is 11.6. The molecule has 0 aromatic heterocycles. The summed E-state index contributed by atoms with van der Waals surface area (Å²) in [7, 11) is 0. The average Bonchev–Trinajstić information content (AvgIpc) is 2.35. The van der Waals surface area contributed by atoms with Crippen LogP contribution in [0, 0.1) is 15.5 Å². The molecule has 0 aliphatic carbocycles. The van der Waals surface area contributed by atoms with Gasteiger partial charge in [0.1, 0.15) is 5.56 Å². The molecule has 8 heteroatoms. The van der Waals surface area contributed by atoms with Crippen molar-refractivity contribution in [3.8, 4) is 0 Å². The first-order valence-electron chi connectivity index (χ1n) is 5.60. The number of carbonyl (C=O) groups is 2. The van der Waals surface area contributed by atoms with Crippen molar-refractivity contribution >= 4 is 29.2 Å². The second kappa shape index (κ2) is 5.87. The number of hydrogen-bond acceptors (Lipinski definition) is 4. The Morgan fingerprint density at radius 3 is 2.55 bits per heavy atom. The lowest BCUT2D eigenvalue weighted by Crippen LogP contribution is -2.39. The van der Waals surface area contributed by atoms with Gasteiger partial charge in [-0.1, -0.05) is 11.6 Å². The van der Waals surface area contributed by atoms with Gasteiger partial charge in [-0.05, 0) is 26.0 Å². The van der Waals surface area contributed by atoms with E-state index in [0.29, 0.717) is 0 Å². The molecular weight excluding hydrogens is 288 g/mol. The van der Waals surface area contributed by atoms with E-state index in [4.69, 9.17) is 16.7 Å². The topological polar surface area (TPSA) is 110 Å². The molecular formula is C12H13ClN2O5. The number of nitrogens with zero attached hydrogens (tertiary/aromatic N) is 1. The SMILES string of the molecule is CC(C)(CNC(=O)c1ccc(Cl)cc1[N+](=O)[O-])C(=O)O. The fourth-order valence-electron chi connectivity index (χ4n) is 1.32. The normalized spacial score (nSPS) is 10.9. The highest BCUT2D eigenvalue weighted by Gasteiger charge is 2.29. The Labute approximate surface area is 119 Å². The van der Waals surface area contributed by atoms with Crippen LogP contribution in [-0.4, -0.2) is 28.5 Å². The molecule has 0 fully saturated rings. The first-order valence-corrected chi connectivity index (χ1v) is 5.98. The van der Waals surface area contributed by atoms with Crippen molar-refractivity contribution in [3.63, 3.8) is 0 Å². The number of hydrogen-bond donors (Lipinski definition) is 2. The van der Waals surface area contributed by atoms with Crippen molar-refractivity contribution in [1.82, 2.24) is 5.32 Å². The summed E-state index contributed by atoms with van der Waals surface area (Å²) in [5, 5.41) is 22.3. The lowest BCUT2D eigenvalue weighted by atomic mass is 9.94. The summed E-state index contributed by atoms with van der Waals surface area (Å²) in [5.74, 6) is -1.80. The van der Waals surface area contributed by atoms with Crippen molar-refractivity contribution in [1.29, 1.82) is 0 Å². The number of benzene rings is 1. The molecule has 0 unspecified atom stereocenters. The number of carbonyl (C=O) groups excluding carboxylic acids is 1. The Kier molecular flexibility index (Phi) is 4.67. The van der Waals surface area contributed by atoms with E-state index in [9.17, 15) is 19.7 Å². The van der Waals surface area contributed by atoms with Gasteiger partial charge in [-0.3, -0.25) is 19.7 Å². The van der Waals surface area contributed by atoms with E-state index in [0.717, 1.165) is 6.07 Å². The fraction of sp³-hybridized carbons (Fsp3) is 0.333. The van der Waals surface area contributed by atoms with Crippen LogP contribution in [-0.2, 0) is 4.79 Å². The Balaban J connectivity index is 2.94. The number of aliphatic carboxylic acids is 1. The first-order chi connectivity index (χ1) is 9.15. The average molecular weight is 301 g/mol. The fourth-order valence-corrected chi connectivity index (χ4v) is 1.49. The Bertz CT molecular complexity index is 571. The summed E-state index contributed by atoms with van der Waals surface area (Å²) >= 11 is 5.64. The molecule has 0 aliphatic rings. The van der Waals surface area contributed by atoms with Crippen LogP contribution in [0.15, 0.2) is 18.2 Å². The van der Waals surface area contributed by atoms with Crippen molar-refractivity contribution in [3.05, 3.63) is 38.9 Å². The van der Waals surface area contributed by atoms with E-state index in [1.54, 1.807) is 0 Å². The molecule has 1 rings (SSSR count). The van der Waals surface area contributed by atoms with E-state index >= 15 is 0 Å². The summed E-state index contributed by atoms with van der Waals surface area (Å²) in [6.45, 7) is 2.72. The summed E-state index contributed by atoms with van der Waals surface area (Å²) in [5.41, 5.74) is -1.76. The summed E-state index contributed by atoms with van der Waals surface area (Å²) in [6, 6.07) is 3.65. The van der Waals surface area contributed by atoms with Crippen molar-refractivity contribution in [2.24, 2.45) is 5.41 Å². The van der Waals surface area contributed by atoms with Crippen molar-refractivity contribution in [2.45, 2.75) is 13.8 Å². The maximum atomic E-state index is 11.9. The molecule has 0 atom stereocenters. The zero-order valence-electron chi connectivity index (χ0n) is 10.8. The van der Waals surface area contributed by atoms with E-state index in [1.807, 2.05) is 0 Å². The third-order valence-electron chi connectivity index (χ3n) is 2.67. The second-order valence-corrected chi connectivity index (χ2v) is 5.23. The molecule has 1 amide bonds. The first kappa shape index (κ1) is 15.9. The smallest absolute Gasteiger partial charge is 0.310 e. The Hall–Kier alpha value is -2.15. The molecule has 1 aromatic rings. The van der Waals surface area contributed by atoms with Gasteiger partial charge in [0.15, 0.2) is 0 Å². The molecule has 0 saturated carbocycles. The maximum Gasteiger partial charge on any atom is 0.310 e. The van der Waals surface area contributed by atoms with E-state index in [1.165, 1.54) is 26.0 Å². The maximum absolute atomic E-state index is 11.9. The van der Waals surface area contributed by atoms with Crippen molar-refractivity contribution in [2.75, 3.05) is 6.54 Å². The van der Waals surface area contributed by atoms with Gasteiger partial charge in [0.25, 0.3) is 11.6 Å². The molecule has 0 radical (unpaired) electrons. The van der Waals surface area contributed by atoms with Crippen LogP contribution in [0.5, 0.6) is 0 Å². The van der Waals surface area contributed by atoms with Gasteiger partial charge >= 0.3 is 5.97 Å².